The molecule has 3 rings (SSSR count). The lowest BCUT2D eigenvalue weighted by atomic mass is 10.0. The van der Waals surface area contributed by atoms with Crippen molar-refractivity contribution in [2.75, 3.05) is 13.2 Å². The van der Waals surface area contributed by atoms with Crippen LogP contribution in [-0.2, 0) is 9.53 Å². The minimum atomic E-state index is -0.765. The largest absolute Gasteiger partial charge is 0.482 e. The molecule has 0 radical (unpaired) electrons. The molecule has 3 aromatic rings. The molecule has 146 valence electrons. The Morgan fingerprint density at radius 2 is 1.34 bits per heavy atom. The van der Waals surface area contributed by atoms with Crippen LogP contribution in [0.2, 0.25) is 0 Å². The zero-order valence-corrected chi connectivity index (χ0v) is 15.3. The average Bonchev–Trinajstić information content (AvgIpc) is 2.77. The van der Waals surface area contributed by atoms with Gasteiger partial charge in [0.15, 0.2) is 19.0 Å². The number of ether oxygens (including phenoxy) is 2. The highest BCUT2D eigenvalue weighted by Gasteiger charge is 2.14. The van der Waals surface area contributed by atoms with Gasteiger partial charge in [0.25, 0.3) is 0 Å². The lowest BCUT2D eigenvalue weighted by molar-refractivity contribution is -0.144. The quantitative estimate of drug-likeness (QED) is 0.430. The van der Waals surface area contributed by atoms with Crippen molar-refractivity contribution in [1.29, 1.82) is 0 Å². The van der Waals surface area contributed by atoms with E-state index in [2.05, 4.69) is 0 Å². The number of carbonyl (C=O) groups excluding carboxylic acids is 3. The summed E-state index contributed by atoms with van der Waals surface area (Å²) in [4.78, 5) is 36.0. The number of ketones is 2. The summed E-state index contributed by atoms with van der Waals surface area (Å²) in [5, 5.41) is 0. The first-order valence-corrected chi connectivity index (χ1v) is 8.80. The van der Waals surface area contributed by atoms with Gasteiger partial charge in [-0.3, -0.25) is 9.59 Å². The van der Waals surface area contributed by atoms with Gasteiger partial charge in [-0.05, 0) is 36.4 Å². The van der Waals surface area contributed by atoms with Gasteiger partial charge in [0, 0.05) is 11.1 Å². The maximum Gasteiger partial charge on any atom is 0.344 e. The van der Waals surface area contributed by atoms with E-state index in [0.29, 0.717) is 16.9 Å². The number of hydrogen-bond acceptors (Lipinski definition) is 5. The van der Waals surface area contributed by atoms with Crippen molar-refractivity contribution in [3.63, 3.8) is 0 Å². The van der Waals surface area contributed by atoms with Crippen LogP contribution in [0.25, 0.3) is 0 Å². The second-order valence-electron chi connectivity index (χ2n) is 6.07. The summed E-state index contributed by atoms with van der Waals surface area (Å²) in [5.41, 5.74) is 0.922. The molecule has 0 unspecified atom stereocenters. The minimum Gasteiger partial charge on any atom is -0.482 e. The van der Waals surface area contributed by atoms with Crippen molar-refractivity contribution in [3.05, 3.63) is 101 Å². The molecule has 3 aromatic carbocycles. The van der Waals surface area contributed by atoms with E-state index in [-0.39, 0.29) is 11.3 Å². The third-order valence-electron chi connectivity index (χ3n) is 4.05. The Hall–Kier alpha value is -3.80. The van der Waals surface area contributed by atoms with Crippen molar-refractivity contribution in [3.8, 4) is 5.75 Å². The Morgan fingerprint density at radius 1 is 0.724 bits per heavy atom. The molecule has 0 N–H and O–H groups in total. The standard InChI is InChI=1S/C23H17FO5/c24-20-9-5-4-8-19(20)21(25)14-29-22(26)15-28-18-12-10-17(11-13-18)23(27)16-6-2-1-3-7-16/h1-13H,14-15H2. The summed E-state index contributed by atoms with van der Waals surface area (Å²) >= 11 is 0. The summed E-state index contributed by atoms with van der Waals surface area (Å²) in [6.45, 7) is -0.996. The third kappa shape index (κ3) is 5.35. The number of esters is 1. The zero-order valence-electron chi connectivity index (χ0n) is 15.3. The highest BCUT2D eigenvalue weighted by Crippen LogP contribution is 2.15. The molecule has 0 aromatic heterocycles. The molecule has 0 amide bonds. The Balaban J connectivity index is 1.48. The number of carbonyl (C=O) groups is 3. The topological polar surface area (TPSA) is 69.7 Å². The van der Waals surface area contributed by atoms with Gasteiger partial charge >= 0.3 is 5.97 Å². The van der Waals surface area contributed by atoms with Gasteiger partial charge < -0.3 is 9.47 Å². The number of Topliss-reactive ketones (excluding diaryl/α,β-unsaturated/α-hetero) is 1. The van der Waals surface area contributed by atoms with E-state index in [4.69, 9.17) is 9.47 Å². The van der Waals surface area contributed by atoms with Crippen LogP contribution in [0.4, 0.5) is 4.39 Å². The number of rotatable bonds is 8. The van der Waals surface area contributed by atoms with E-state index in [0.717, 1.165) is 6.07 Å². The fourth-order valence-corrected chi connectivity index (χ4v) is 2.55. The van der Waals surface area contributed by atoms with Crippen LogP contribution in [-0.4, -0.2) is 30.7 Å². The maximum absolute atomic E-state index is 13.5. The highest BCUT2D eigenvalue weighted by molar-refractivity contribution is 6.09. The summed E-state index contributed by atoms with van der Waals surface area (Å²) in [5.74, 6) is -1.83. The van der Waals surface area contributed by atoms with Crippen LogP contribution in [0.5, 0.6) is 5.75 Å². The summed E-state index contributed by atoms with van der Waals surface area (Å²) in [6.07, 6.45) is 0. The van der Waals surface area contributed by atoms with Crippen molar-refractivity contribution in [2.24, 2.45) is 0 Å². The minimum absolute atomic E-state index is 0.122. The van der Waals surface area contributed by atoms with Crippen molar-refractivity contribution in [2.45, 2.75) is 0 Å². The first-order chi connectivity index (χ1) is 14.0. The molecule has 0 fully saturated rings. The Kier molecular flexibility index (Phi) is 6.47. The van der Waals surface area contributed by atoms with E-state index < -0.39 is 30.8 Å². The Morgan fingerprint density at radius 3 is 2.03 bits per heavy atom. The summed E-state index contributed by atoms with van der Waals surface area (Å²) in [7, 11) is 0. The van der Waals surface area contributed by atoms with Gasteiger partial charge in [0.05, 0.1) is 5.56 Å². The summed E-state index contributed by atoms with van der Waals surface area (Å²) in [6, 6.07) is 20.6. The SMILES string of the molecule is O=C(COc1ccc(C(=O)c2ccccc2)cc1)OCC(=O)c1ccccc1F. The molecule has 0 saturated carbocycles. The van der Waals surface area contributed by atoms with E-state index in [1.54, 1.807) is 48.5 Å². The van der Waals surface area contributed by atoms with Crippen molar-refractivity contribution >= 4 is 17.5 Å². The third-order valence-corrected chi connectivity index (χ3v) is 4.05. The Bertz CT molecular complexity index is 1010. The molecule has 0 aliphatic rings. The van der Waals surface area contributed by atoms with Crippen LogP contribution >= 0.6 is 0 Å². The first-order valence-electron chi connectivity index (χ1n) is 8.80. The normalized spacial score (nSPS) is 10.2. The van der Waals surface area contributed by atoms with E-state index in [1.165, 1.54) is 18.2 Å². The van der Waals surface area contributed by atoms with Crippen molar-refractivity contribution < 1.29 is 28.2 Å². The summed E-state index contributed by atoms with van der Waals surface area (Å²) < 4.78 is 23.6. The molecule has 6 heteroatoms. The zero-order chi connectivity index (χ0) is 20.6. The smallest absolute Gasteiger partial charge is 0.344 e. The van der Waals surface area contributed by atoms with Crippen molar-refractivity contribution in [1.82, 2.24) is 0 Å². The van der Waals surface area contributed by atoms with Gasteiger partial charge in [0.1, 0.15) is 11.6 Å². The molecule has 0 aliphatic carbocycles. The predicted octanol–water partition coefficient (Wildman–Crippen LogP) is 3.86. The molecule has 0 spiro atoms. The van der Waals surface area contributed by atoms with Gasteiger partial charge in [-0.15, -0.1) is 0 Å². The molecular formula is C23H17FO5. The van der Waals surface area contributed by atoms with Crippen LogP contribution < -0.4 is 4.74 Å². The van der Waals surface area contributed by atoms with Gasteiger partial charge in [0.2, 0.25) is 5.78 Å². The molecule has 0 saturated heterocycles. The molecule has 0 atom stereocenters. The van der Waals surface area contributed by atoms with Crippen LogP contribution in [0.1, 0.15) is 26.3 Å². The highest BCUT2D eigenvalue weighted by atomic mass is 19.1. The lowest BCUT2D eigenvalue weighted by Gasteiger charge is -2.08. The van der Waals surface area contributed by atoms with Crippen LogP contribution in [0, 0.1) is 5.82 Å². The number of hydrogen-bond donors (Lipinski definition) is 0. The van der Waals surface area contributed by atoms with Crippen LogP contribution in [0.15, 0.2) is 78.9 Å². The maximum atomic E-state index is 13.5. The second-order valence-corrected chi connectivity index (χ2v) is 6.07. The first kappa shape index (κ1) is 19.9. The van der Waals surface area contributed by atoms with Gasteiger partial charge in [-0.25, -0.2) is 9.18 Å². The second kappa shape index (κ2) is 9.41. The van der Waals surface area contributed by atoms with E-state index >= 15 is 0 Å². The van der Waals surface area contributed by atoms with Crippen LogP contribution in [0.3, 0.4) is 0 Å². The molecule has 0 heterocycles. The predicted molar refractivity (Wildman–Crippen MR) is 104 cm³/mol. The fraction of sp³-hybridized carbons (Fsp3) is 0.0870. The average molecular weight is 392 g/mol. The molecule has 5 nitrogen and oxygen atoms in total. The van der Waals surface area contributed by atoms with Gasteiger partial charge in [-0.1, -0.05) is 42.5 Å². The fourth-order valence-electron chi connectivity index (χ4n) is 2.55. The van der Waals surface area contributed by atoms with E-state index in [9.17, 15) is 18.8 Å². The molecule has 29 heavy (non-hydrogen) atoms. The number of halogens is 1. The monoisotopic (exact) mass is 392 g/mol. The lowest BCUT2D eigenvalue weighted by Crippen LogP contribution is -2.20. The van der Waals surface area contributed by atoms with Gasteiger partial charge in [-0.2, -0.15) is 0 Å². The molecular weight excluding hydrogens is 375 g/mol. The molecule has 0 aliphatic heterocycles. The molecule has 0 bridgehead atoms. The number of benzene rings is 3. The Labute approximate surface area is 166 Å². The van der Waals surface area contributed by atoms with E-state index in [1.807, 2.05) is 6.07 Å².